The van der Waals surface area contributed by atoms with Crippen molar-refractivity contribution in [2.24, 2.45) is 7.05 Å². The molecule has 0 unspecified atom stereocenters. The van der Waals surface area contributed by atoms with Crippen LogP contribution >= 0.6 is 0 Å². The Morgan fingerprint density at radius 2 is 2.18 bits per heavy atom. The number of nitrogens with one attached hydrogen (secondary N) is 2. The van der Waals surface area contributed by atoms with Crippen molar-refractivity contribution in [1.29, 1.82) is 0 Å². The molecule has 0 saturated carbocycles. The maximum Gasteiger partial charge on any atom is 0.268 e. The molecule has 9 nitrogen and oxygen atoms in total. The molecule has 2 aromatic heterocycles. The average molecular weight is 382 g/mol. The smallest absolute Gasteiger partial charge is 0.268 e. The summed E-state index contributed by atoms with van der Waals surface area (Å²) in [6.07, 6.45) is 0.816. The number of likely N-dealkylation sites (tertiary alicyclic amines) is 1. The lowest BCUT2D eigenvalue weighted by atomic mass is 10.2. The van der Waals surface area contributed by atoms with Crippen molar-refractivity contribution in [3.05, 3.63) is 47.7 Å². The number of carbonyl (C=O) groups is 2. The van der Waals surface area contributed by atoms with E-state index in [1.165, 1.54) is 6.33 Å². The Kier molecular flexibility index (Phi) is 4.60. The number of β-amino-alcohol motifs (C(OH)–C–C–N with tert-alkyl or cyclic N) is 1. The Hall–Kier alpha value is -3.20. The van der Waals surface area contributed by atoms with Gasteiger partial charge in [0.1, 0.15) is 17.8 Å². The Balaban J connectivity index is 1.41. The Labute approximate surface area is 161 Å². The molecule has 1 aromatic carbocycles. The number of aromatic nitrogens is 4. The van der Waals surface area contributed by atoms with E-state index in [1.54, 1.807) is 22.6 Å². The van der Waals surface area contributed by atoms with Gasteiger partial charge in [0, 0.05) is 31.0 Å². The molecular formula is C19H22N6O3. The molecule has 1 fully saturated rings. The molecule has 1 aliphatic rings. The number of carbonyl (C=O) groups excluding carboxylic acids is 2. The fourth-order valence-corrected chi connectivity index (χ4v) is 3.52. The van der Waals surface area contributed by atoms with Gasteiger partial charge in [-0.2, -0.15) is 0 Å². The van der Waals surface area contributed by atoms with Crippen molar-refractivity contribution in [3.63, 3.8) is 0 Å². The van der Waals surface area contributed by atoms with E-state index in [1.807, 2.05) is 25.1 Å². The number of aliphatic hydroxyl groups excluding tert-OH is 1. The number of benzene rings is 1. The van der Waals surface area contributed by atoms with E-state index in [-0.39, 0.29) is 31.3 Å². The maximum absolute atomic E-state index is 12.6. The van der Waals surface area contributed by atoms with Crippen LogP contribution in [-0.4, -0.2) is 66.8 Å². The molecule has 0 spiro atoms. The van der Waals surface area contributed by atoms with Crippen molar-refractivity contribution in [2.45, 2.75) is 25.5 Å². The number of para-hydroxylation sites is 1. The highest BCUT2D eigenvalue weighted by molar-refractivity contribution is 5.98. The van der Waals surface area contributed by atoms with Gasteiger partial charge in [0.2, 0.25) is 5.91 Å². The first kappa shape index (κ1) is 18.2. The summed E-state index contributed by atoms with van der Waals surface area (Å²) in [5.41, 5.74) is 2.40. The lowest BCUT2D eigenvalue weighted by Gasteiger charge is -2.16. The van der Waals surface area contributed by atoms with Crippen LogP contribution in [0.3, 0.4) is 0 Å². The van der Waals surface area contributed by atoms with Crippen LogP contribution in [0.15, 0.2) is 30.6 Å². The third-order valence-corrected chi connectivity index (χ3v) is 5.18. The monoisotopic (exact) mass is 382 g/mol. The number of H-pyrrole nitrogens is 1. The number of amides is 2. The zero-order valence-corrected chi connectivity index (χ0v) is 15.7. The van der Waals surface area contributed by atoms with Gasteiger partial charge in [-0.3, -0.25) is 9.59 Å². The second-order valence-electron chi connectivity index (χ2n) is 7.20. The number of aliphatic hydroxyl groups is 1. The minimum absolute atomic E-state index is 0.102. The first-order valence-electron chi connectivity index (χ1n) is 9.10. The number of nitrogens with zero attached hydrogens (tertiary/aromatic N) is 4. The van der Waals surface area contributed by atoms with Crippen LogP contribution in [-0.2, 0) is 18.3 Å². The highest BCUT2D eigenvalue weighted by Crippen LogP contribution is 2.19. The molecule has 146 valence electrons. The van der Waals surface area contributed by atoms with Crippen LogP contribution in [0.4, 0.5) is 0 Å². The van der Waals surface area contributed by atoms with Gasteiger partial charge in [0.15, 0.2) is 0 Å². The van der Waals surface area contributed by atoms with Gasteiger partial charge in [-0.15, -0.1) is 10.2 Å². The molecule has 28 heavy (non-hydrogen) atoms. The minimum Gasteiger partial charge on any atom is -0.389 e. The van der Waals surface area contributed by atoms with Crippen LogP contribution < -0.4 is 5.32 Å². The highest BCUT2D eigenvalue weighted by atomic mass is 16.3. The largest absolute Gasteiger partial charge is 0.389 e. The predicted molar refractivity (Wildman–Crippen MR) is 102 cm³/mol. The number of fused-ring (bicyclic) bond motifs is 1. The van der Waals surface area contributed by atoms with Crippen LogP contribution in [0.5, 0.6) is 0 Å². The summed E-state index contributed by atoms with van der Waals surface area (Å²) in [6.45, 7) is 2.40. The van der Waals surface area contributed by atoms with Crippen molar-refractivity contribution >= 4 is 22.7 Å². The SMILES string of the molecule is Cc1cccc2cc(C(=O)N[C@@H]3CN(C(=O)Cc4nncn4C)C[C@@H]3O)[nH]c12. The van der Waals surface area contributed by atoms with E-state index in [9.17, 15) is 14.7 Å². The average Bonchev–Trinajstić information content (AvgIpc) is 3.36. The zero-order valence-electron chi connectivity index (χ0n) is 15.7. The van der Waals surface area contributed by atoms with Gasteiger partial charge in [-0.25, -0.2) is 0 Å². The predicted octanol–water partition coefficient (Wildman–Crippen LogP) is 0.149. The molecule has 3 aromatic rings. The van der Waals surface area contributed by atoms with E-state index >= 15 is 0 Å². The number of aryl methyl sites for hydroxylation is 2. The first-order chi connectivity index (χ1) is 13.4. The Morgan fingerprint density at radius 3 is 2.89 bits per heavy atom. The molecule has 3 N–H and O–H groups in total. The van der Waals surface area contributed by atoms with Gasteiger partial charge in [0.25, 0.3) is 5.91 Å². The summed E-state index contributed by atoms with van der Waals surface area (Å²) in [5, 5.41) is 21.8. The van der Waals surface area contributed by atoms with E-state index < -0.39 is 12.1 Å². The van der Waals surface area contributed by atoms with Crippen molar-refractivity contribution in [1.82, 2.24) is 30.0 Å². The van der Waals surface area contributed by atoms with Gasteiger partial charge in [-0.05, 0) is 18.6 Å². The number of hydrogen-bond acceptors (Lipinski definition) is 5. The zero-order chi connectivity index (χ0) is 19.8. The van der Waals surface area contributed by atoms with Crippen LogP contribution in [0, 0.1) is 6.92 Å². The van der Waals surface area contributed by atoms with E-state index in [4.69, 9.17) is 0 Å². The van der Waals surface area contributed by atoms with Gasteiger partial charge < -0.3 is 24.9 Å². The van der Waals surface area contributed by atoms with Gasteiger partial charge in [0.05, 0.1) is 18.6 Å². The lowest BCUT2D eigenvalue weighted by molar-refractivity contribution is -0.130. The van der Waals surface area contributed by atoms with E-state index in [0.29, 0.717) is 11.5 Å². The van der Waals surface area contributed by atoms with Crippen LogP contribution in [0.25, 0.3) is 10.9 Å². The first-order valence-corrected chi connectivity index (χ1v) is 9.10. The molecule has 1 saturated heterocycles. The number of aromatic amines is 1. The molecule has 2 amide bonds. The fourth-order valence-electron chi connectivity index (χ4n) is 3.52. The molecular weight excluding hydrogens is 360 g/mol. The summed E-state index contributed by atoms with van der Waals surface area (Å²) in [5.74, 6) is 0.0933. The van der Waals surface area contributed by atoms with Crippen molar-refractivity contribution in [2.75, 3.05) is 13.1 Å². The highest BCUT2D eigenvalue weighted by Gasteiger charge is 2.35. The molecule has 1 aliphatic heterocycles. The molecule has 0 aliphatic carbocycles. The topological polar surface area (TPSA) is 116 Å². The third-order valence-electron chi connectivity index (χ3n) is 5.18. The van der Waals surface area contributed by atoms with Crippen molar-refractivity contribution in [3.8, 4) is 0 Å². The maximum atomic E-state index is 12.6. The molecule has 3 heterocycles. The second-order valence-corrected chi connectivity index (χ2v) is 7.20. The molecule has 0 bridgehead atoms. The summed E-state index contributed by atoms with van der Waals surface area (Å²) in [4.78, 5) is 29.8. The quantitative estimate of drug-likeness (QED) is 0.594. The summed E-state index contributed by atoms with van der Waals surface area (Å²) >= 11 is 0. The Bertz CT molecular complexity index is 1040. The van der Waals surface area contributed by atoms with Crippen molar-refractivity contribution < 1.29 is 14.7 Å². The number of hydrogen-bond donors (Lipinski definition) is 3. The third kappa shape index (κ3) is 3.36. The lowest BCUT2D eigenvalue weighted by Crippen LogP contribution is -2.43. The standard InChI is InChI=1S/C19H22N6O3/c1-11-4-3-5-12-6-13(21-18(11)12)19(28)22-14-8-25(9-15(14)26)17(27)7-16-23-20-10-24(16)2/h3-6,10,14-15,21,26H,7-9H2,1-2H3,(H,22,28)/t14-,15+/m1/s1. The minimum atomic E-state index is -0.821. The van der Waals surface area contributed by atoms with Crippen LogP contribution in [0.2, 0.25) is 0 Å². The molecule has 0 radical (unpaired) electrons. The van der Waals surface area contributed by atoms with Crippen LogP contribution in [0.1, 0.15) is 21.9 Å². The number of rotatable bonds is 4. The second kappa shape index (κ2) is 7.08. The summed E-state index contributed by atoms with van der Waals surface area (Å²) < 4.78 is 1.68. The molecule has 9 heteroatoms. The van der Waals surface area contributed by atoms with Gasteiger partial charge >= 0.3 is 0 Å². The fraction of sp³-hybridized carbons (Fsp3) is 0.368. The van der Waals surface area contributed by atoms with E-state index in [0.717, 1.165) is 16.5 Å². The Morgan fingerprint density at radius 1 is 1.36 bits per heavy atom. The normalized spacial score (nSPS) is 19.3. The summed E-state index contributed by atoms with van der Waals surface area (Å²) in [6, 6.07) is 7.11. The summed E-state index contributed by atoms with van der Waals surface area (Å²) in [7, 11) is 1.77. The van der Waals surface area contributed by atoms with Gasteiger partial charge in [-0.1, -0.05) is 18.2 Å². The van der Waals surface area contributed by atoms with E-state index in [2.05, 4.69) is 20.5 Å². The molecule has 4 rings (SSSR count). The molecule has 2 atom stereocenters.